The number of rotatable bonds is 4. The van der Waals surface area contributed by atoms with Gasteiger partial charge >= 0.3 is 35.5 Å². The van der Waals surface area contributed by atoms with E-state index in [1.165, 1.54) is 13.0 Å². The van der Waals surface area contributed by atoms with Crippen molar-refractivity contribution >= 4 is 17.3 Å². The van der Waals surface area contributed by atoms with Crippen LogP contribution in [0.1, 0.15) is 6.99 Å². The first-order chi connectivity index (χ1) is 7.41. The smallest absolute Gasteiger partial charge is 1.00 e. The number of benzene rings is 1. The standard InChI is InChI=1S/C9H9FN2O4.Na.H/c1-5-2-7(11-4-9(13)14)8(12(15)16)3-6(5)10;;/h2-3,11H,4H2,1H3,(H,13,14);;/q;+1;-1. The number of anilines is 1. The molecule has 2 N–H and O–H groups in total. The second-order valence-electron chi connectivity index (χ2n) is 3.12. The maximum absolute atomic E-state index is 13.1. The number of aryl methyl sites for hydroxylation is 1. The minimum absolute atomic E-state index is 0. The fourth-order valence-electron chi connectivity index (χ4n) is 1.13. The van der Waals surface area contributed by atoms with Gasteiger partial charge in [0.25, 0.3) is 5.69 Å². The fraction of sp³-hybridized carbons (Fsp3) is 0.222. The van der Waals surface area contributed by atoms with Crippen molar-refractivity contribution in [3.05, 3.63) is 33.6 Å². The average Bonchev–Trinajstić information content (AvgIpc) is 2.18. The van der Waals surface area contributed by atoms with Crippen molar-refractivity contribution in [2.75, 3.05) is 11.9 Å². The zero-order valence-electron chi connectivity index (χ0n) is 10.4. The van der Waals surface area contributed by atoms with Crippen LogP contribution in [0.3, 0.4) is 0 Å². The van der Waals surface area contributed by atoms with Crippen molar-refractivity contribution in [2.45, 2.75) is 6.92 Å². The molecule has 0 spiro atoms. The minimum atomic E-state index is -1.16. The molecule has 17 heavy (non-hydrogen) atoms. The summed E-state index contributed by atoms with van der Waals surface area (Å²) in [5, 5.41) is 21.4. The molecule has 0 unspecified atom stereocenters. The summed E-state index contributed by atoms with van der Waals surface area (Å²) in [6.07, 6.45) is 0. The van der Waals surface area contributed by atoms with Gasteiger partial charge < -0.3 is 11.8 Å². The third-order valence-corrected chi connectivity index (χ3v) is 1.90. The van der Waals surface area contributed by atoms with Crippen LogP contribution in [0.25, 0.3) is 0 Å². The molecule has 0 atom stereocenters. The molecule has 0 saturated heterocycles. The molecule has 0 aliphatic carbocycles. The van der Waals surface area contributed by atoms with Crippen LogP contribution in [0.4, 0.5) is 15.8 Å². The molecule has 0 bridgehead atoms. The summed E-state index contributed by atoms with van der Waals surface area (Å²) >= 11 is 0. The second kappa shape index (κ2) is 6.53. The molecule has 0 heterocycles. The average molecular weight is 252 g/mol. The van der Waals surface area contributed by atoms with Gasteiger partial charge in [0.2, 0.25) is 0 Å². The zero-order valence-corrected chi connectivity index (χ0v) is 11.4. The van der Waals surface area contributed by atoms with E-state index in [0.29, 0.717) is 0 Å². The van der Waals surface area contributed by atoms with E-state index in [-0.39, 0.29) is 42.2 Å². The summed E-state index contributed by atoms with van der Waals surface area (Å²) in [7, 11) is 0. The van der Waals surface area contributed by atoms with Crippen LogP contribution in [0.15, 0.2) is 12.1 Å². The van der Waals surface area contributed by atoms with E-state index < -0.39 is 28.9 Å². The number of nitrogens with zero attached hydrogens (tertiary/aromatic N) is 1. The van der Waals surface area contributed by atoms with Gasteiger partial charge in [-0.25, -0.2) is 4.39 Å². The summed E-state index contributed by atoms with van der Waals surface area (Å²) in [6.45, 7) is 0.969. The molecule has 0 aliphatic rings. The van der Waals surface area contributed by atoms with Gasteiger partial charge in [-0.15, -0.1) is 0 Å². The van der Waals surface area contributed by atoms with Crippen LogP contribution in [0, 0.1) is 22.9 Å². The van der Waals surface area contributed by atoms with Crippen molar-refractivity contribution < 1.29 is 50.2 Å². The number of aliphatic carboxylic acids is 1. The van der Waals surface area contributed by atoms with E-state index in [1.807, 2.05) is 0 Å². The first-order valence-electron chi connectivity index (χ1n) is 4.32. The predicted octanol–water partition coefficient (Wildman–Crippen LogP) is -1.34. The Bertz CT molecular complexity index is 458. The quantitative estimate of drug-likeness (QED) is 0.393. The van der Waals surface area contributed by atoms with Gasteiger partial charge in [0, 0.05) is 0 Å². The molecular formula is C9H10FN2NaO4. The Balaban J connectivity index is 0. The largest absolute Gasteiger partial charge is 1.00 e. The van der Waals surface area contributed by atoms with Gasteiger partial charge in [0.05, 0.1) is 11.0 Å². The number of nitro groups is 1. The monoisotopic (exact) mass is 252 g/mol. The molecule has 1 rings (SSSR count). The van der Waals surface area contributed by atoms with E-state index in [4.69, 9.17) is 5.11 Å². The van der Waals surface area contributed by atoms with Gasteiger partial charge in [0.15, 0.2) is 0 Å². The van der Waals surface area contributed by atoms with Gasteiger partial charge in [0.1, 0.15) is 18.0 Å². The Morgan fingerprint density at radius 2 is 2.24 bits per heavy atom. The number of nitrogens with one attached hydrogen (secondary N) is 1. The SMILES string of the molecule is Cc1cc(NCC(=O)O)c([N+](=O)[O-])cc1F.[H-].[Na+]. The first kappa shape index (κ1) is 15.8. The molecule has 0 saturated carbocycles. The summed E-state index contributed by atoms with van der Waals surface area (Å²) < 4.78 is 13.1. The van der Waals surface area contributed by atoms with Crippen LogP contribution >= 0.6 is 0 Å². The third-order valence-electron chi connectivity index (χ3n) is 1.90. The van der Waals surface area contributed by atoms with E-state index in [9.17, 15) is 19.3 Å². The van der Waals surface area contributed by atoms with Crippen LogP contribution in [-0.2, 0) is 4.79 Å². The Kier molecular flexibility index (Phi) is 6.08. The van der Waals surface area contributed by atoms with E-state index >= 15 is 0 Å². The molecule has 0 amide bonds. The van der Waals surface area contributed by atoms with Crippen LogP contribution in [0.5, 0.6) is 0 Å². The van der Waals surface area contributed by atoms with Crippen molar-refractivity contribution in [1.29, 1.82) is 0 Å². The van der Waals surface area contributed by atoms with Crippen LogP contribution in [-0.4, -0.2) is 22.5 Å². The van der Waals surface area contributed by atoms with Gasteiger partial charge in [-0.05, 0) is 18.6 Å². The number of hydrogen-bond donors (Lipinski definition) is 2. The summed E-state index contributed by atoms with van der Waals surface area (Å²) in [5.41, 5.74) is -0.283. The van der Waals surface area contributed by atoms with E-state index in [0.717, 1.165) is 6.07 Å². The van der Waals surface area contributed by atoms with Crippen molar-refractivity contribution in [1.82, 2.24) is 0 Å². The summed E-state index contributed by atoms with van der Waals surface area (Å²) in [4.78, 5) is 20.1. The zero-order chi connectivity index (χ0) is 12.3. The molecule has 6 nitrogen and oxygen atoms in total. The molecule has 88 valence electrons. The summed E-state index contributed by atoms with van der Waals surface area (Å²) in [5.74, 6) is -1.86. The van der Waals surface area contributed by atoms with E-state index in [1.54, 1.807) is 0 Å². The third kappa shape index (κ3) is 4.29. The van der Waals surface area contributed by atoms with Crippen molar-refractivity contribution in [2.24, 2.45) is 0 Å². The van der Waals surface area contributed by atoms with Crippen molar-refractivity contribution in [3.8, 4) is 0 Å². The minimum Gasteiger partial charge on any atom is -1.00 e. The fourth-order valence-corrected chi connectivity index (χ4v) is 1.13. The topological polar surface area (TPSA) is 92.5 Å². The molecule has 0 radical (unpaired) electrons. The predicted molar refractivity (Wildman–Crippen MR) is 55.0 cm³/mol. The normalized spacial score (nSPS) is 9.29. The number of hydrogen-bond acceptors (Lipinski definition) is 4. The second-order valence-corrected chi connectivity index (χ2v) is 3.12. The molecule has 1 aromatic carbocycles. The number of carboxylic acid groups (broad SMARTS) is 1. The Hall–Kier alpha value is -1.18. The molecule has 1 aromatic rings. The van der Waals surface area contributed by atoms with Crippen molar-refractivity contribution in [3.63, 3.8) is 0 Å². The number of halogens is 1. The Labute approximate surface area is 120 Å². The molecular weight excluding hydrogens is 242 g/mol. The Morgan fingerprint density at radius 1 is 1.65 bits per heavy atom. The molecule has 8 heteroatoms. The van der Waals surface area contributed by atoms with Crippen LogP contribution in [0.2, 0.25) is 0 Å². The van der Waals surface area contributed by atoms with Gasteiger partial charge in [-0.2, -0.15) is 0 Å². The van der Waals surface area contributed by atoms with E-state index in [2.05, 4.69) is 5.32 Å². The maximum Gasteiger partial charge on any atom is 1.00 e. The Morgan fingerprint density at radius 3 is 2.71 bits per heavy atom. The number of carboxylic acids is 1. The van der Waals surface area contributed by atoms with Gasteiger partial charge in [-0.3, -0.25) is 14.9 Å². The van der Waals surface area contributed by atoms with Gasteiger partial charge in [-0.1, -0.05) is 0 Å². The van der Waals surface area contributed by atoms with Crippen LogP contribution < -0.4 is 34.9 Å². The molecule has 0 fully saturated rings. The summed E-state index contributed by atoms with van der Waals surface area (Å²) in [6, 6.07) is 1.97. The number of nitro benzene ring substituents is 1. The number of carbonyl (C=O) groups is 1. The maximum atomic E-state index is 13.1. The first-order valence-corrected chi connectivity index (χ1v) is 4.32. The molecule has 0 aliphatic heterocycles. The molecule has 0 aromatic heterocycles.